The molecule has 2 aromatic rings. The lowest BCUT2D eigenvalue weighted by Gasteiger charge is -2.15. The predicted molar refractivity (Wildman–Crippen MR) is 95.6 cm³/mol. The van der Waals surface area contributed by atoms with E-state index in [9.17, 15) is 9.59 Å². The predicted octanol–water partition coefficient (Wildman–Crippen LogP) is 5.02. The first-order valence-corrected chi connectivity index (χ1v) is 8.48. The summed E-state index contributed by atoms with van der Waals surface area (Å²) in [5.41, 5.74) is 1.73. The van der Waals surface area contributed by atoms with E-state index in [-0.39, 0.29) is 11.8 Å². The van der Waals surface area contributed by atoms with E-state index in [1.807, 2.05) is 13.0 Å². The molecule has 126 valence electrons. The van der Waals surface area contributed by atoms with E-state index < -0.39 is 5.92 Å². The molecule has 4 heteroatoms. The van der Waals surface area contributed by atoms with Crippen LogP contribution in [-0.2, 0) is 9.53 Å². The molecule has 0 amide bonds. The molecule has 0 aliphatic carbocycles. The summed E-state index contributed by atoms with van der Waals surface area (Å²) in [4.78, 5) is 25.0. The molecular weight excluding hydrogens is 324 g/mol. The van der Waals surface area contributed by atoms with Crippen LogP contribution in [0.15, 0.2) is 48.5 Å². The van der Waals surface area contributed by atoms with Gasteiger partial charge in [0.2, 0.25) is 0 Å². The molecule has 0 saturated carbocycles. The van der Waals surface area contributed by atoms with E-state index in [0.717, 1.165) is 12.8 Å². The number of halogens is 1. The average Bonchev–Trinajstić information content (AvgIpc) is 2.61. The Hall–Kier alpha value is -2.13. The Morgan fingerprint density at radius 2 is 1.75 bits per heavy atom. The lowest BCUT2D eigenvalue weighted by atomic mass is 9.91. The van der Waals surface area contributed by atoms with E-state index in [0.29, 0.717) is 28.3 Å². The zero-order valence-electron chi connectivity index (χ0n) is 13.9. The molecular formula is C20H21ClO3. The van der Waals surface area contributed by atoms with Crippen LogP contribution in [0.4, 0.5) is 0 Å². The summed E-state index contributed by atoms with van der Waals surface area (Å²) < 4.78 is 5.29. The van der Waals surface area contributed by atoms with Gasteiger partial charge < -0.3 is 4.74 Å². The summed E-state index contributed by atoms with van der Waals surface area (Å²) in [7, 11) is 0. The van der Waals surface area contributed by atoms with E-state index in [2.05, 4.69) is 0 Å². The number of carbonyl (C=O) groups excluding carboxylic acids is 2. The number of carbonyl (C=O) groups is 2. The van der Waals surface area contributed by atoms with Crippen LogP contribution in [0, 0.1) is 0 Å². The fourth-order valence-electron chi connectivity index (χ4n) is 2.41. The third-order valence-electron chi connectivity index (χ3n) is 3.87. The van der Waals surface area contributed by atoms with Crippen molar-refractivity contribution in [3.63, 3.8) is 0 Å². The van der Waals surface area contributed by atoms with Crippen LogP contribution in [0.2, 0.25) is 5.02 Å². The smallest absolute Gasteiger partial charge is 0.313 e. The van der Waals surface area contributed by atoms with Crippen molar-refractivity contribution in [2.24, 2.45) is 0 Å². The number of benzene rings is 2. The van der Waals surface area contributed by atoms with Gasteiger partial charge in [-0.1, -0.05) is 49.2 Å². The number of esters is 1. The van der Waals surface area contributed by atoms with E-state index in [4.69, 9.17) is 16.3 Å². The molecule has 1 unspecified atom stereocenters. The van der Waals surface area contributed by atoms with Crippen molar-refractivity contribution >= 4 is 23.4 Å². The van der Waals surface area contributed by atoms with E-state index >= 15 is 0 Å². The van der Waals surface area contributed by atoms with Crippen molar-refractivity contribution < 1.29 is 14.3 Å². The molecule has 0 heterocycles. The van der Waals surface area contributed by atoms with Crippen molar-refractivity contribution in [1.29, 1.82) is 0 Å². The number of ether oxygens (including phenoxy) is 1. The Morgan fingerprint density at radius 3 is 2.42 bits per heavy atom. The molecule has 0 aliphatic heterocycles. The number of unbranched alkanes of at least 4 members (excludes halogenated alkanes) is 1. The van der Waals surface area contributed by atoms with Crippen LogP contribution in [0.3, 0.4) is 0 Å². The minimum absolute atomic E-state index is 0.129. The maximum Gasteiger partial charge on any atom is 0.313 e. The second kappa shape index (κ2) is 8.65. The molecule has 2 rings (SSSR count). The zero-order valence-corrected chi connectivity index (χ0v) is 14.7. The normalized spacial score (nSPS) is 11.8. The van der Waals surface area contributed by atoms with Gasteiger partial charge in [0.25, 0.3) is 0 Å². The molecule has 0 radical (unpaired) electrons. The van der Waals surface area contributed by atoms with Crippen molar-refractivity contribution in [3.8, 4) is 0 Å². The zero-order chi connectivity index (χ0) is 17.5. The maximum absolute atomic E-state index is 12.8. The highest BCUT2D eigenvalue weighted by Crippen LogP contribution is 2.24. The molecule has 2 aromatic carbocycles. The minimum atomic E-state index is -0.491. The molecule has 0 saturated heterocycles. The molecule has 0 aromatic heterocycles. The summed E-state index contributed by atoms with van der Waals surface area (Å²) >= 11 is 5.87. The average molecular weight is 345 g/mol. The number of hydrogen-bond donors (Lipinski definition) is 0. The molecule has 0 spiro atoms. The first-order valence-electron chi connectivity index (χ1n) is 8.10. The van der Waals surface area contributed by atoms with Crippen LogP contribution in [0.1, 0.15) is 54.1 Å². The van der Waals surface area contributed by atoms with Crippen LogP contribution in [0.5, 0.6) is 0 Å². The maximum atomic E-state index is 12.8. The van der Waals surface area contributed by atoms with Gasteiger partial charge in [0.05, 0.1) is 12.5 Å². The van der Waals surface area contributed by atoms with Crippen LogP contribution < -0.4 is 0 Å². The van der Waals surface area contributed by atoms with Gasteiger partial charge in [0.1, 0.15) is 0 Å². The lowest BCUT2D eigenvalue weighted by molar-refractivity contribution is -0.145. The lowest BCUT2D eigenvalue weighted by Crippen LogP contribution is -2.17. The monoisotopic (exact) mass is 344 g/mol. The molecule has 1 atom stereocenters. The Morgan fingerprint density at radius 1 is 1.08 bits per heavy atom. The van der Waals surface area contributed by atoms with Crippen molar-refractivity contribution in [2.45, 2.75) is 32.6 Å². The molecule has 0 fully saturated rings. The van der Waals surface area contributed by atoms with Gasteiger partial charge >= 0.3 is 5.97 Å². The Bertz CT molecular complexity index is 707. The van der Waals surface area contributed by atoms with Crippen LogP contribution in [-0.4, -0.2) is 18.4 Å². The van der Waals surface area contributed by atoms with Gasteiger partial charge in [0, 0.05) is 16.1 Å². The SMILES string of the molecule is CCCCOC(=O)C(C)c1ccccc1C(=O)c1ccc(Cl)cc1. The third-order valence-corrected chi connectivity index (χ3v) is 4.13. The highest BCUT2D eigenvalue weighted by atomic mass is 35.5. The molecule has 0 aliphatic rings. The van der Waals surface area contributed by atoms with Crippen molar-refractivity contribution in [1.82, 2.24) is 0 Å². The second-order valence-corrected chi connectivity index (χ2v) is 6.10. The summed E-state index contributed by atoms with van der Waals surface area (Å²) in [6.07, 6.45) is 1.80. The Labute approximate surface area is 147 Å². The van der Waals surface area contributed by atoms with Gasteiger partial charge in [-0.3, -0.25) is 9.59 Å². The Kier molecular flexibility index (Phi) is 6.56. The standard InChI is InChI=1S/C20H21ClO3/c1-3-4-13-24-20(23)14(2)17-7-5-6-8-18(17)19(22)15-9-11-16(21)12-10-15/h5-12,14H,3-4,13H2,1-2H3. The van der Waals surface area contributed by atoms with Crippen molar-refractivity contribution in [3.05, 3.63) is 70.2 Å². The van der Waals surface area contributed by atoms with Gasteiger partial charge in [-0.15, -0.1) is 0 Å². The number of rotatable bonds is 7. The van der Waals surface area contributed by atoms with Gasteiger partial charge in [-0.2, -0.15) is 0 Å². The fourth-order valence-corrected chi connectivity index (χ4v) is 2.53. The third kappa shape index (κ3) is 4.45. The highest BCUT2D eigenvalue weighted by Gasteiger charge is 2.23. The van der Waals surface area contributed by atoms with E-state index in [1.165, 1.54) is 0 Å². The van der Waals surface area contributed by atoms with E-state index in [1.54, 1.807) is 49.4 Å². The number of ketones is 1. The minimum Gasteiger partial charge on any atom is -0.465 e. The van der Waals surface area contributed by atoms with Gasteiger partial charge in [0.15, 0.2) is 5.78 Å². The first-order chi connectivity index (χ1) is 11.5. The molecule has 0 N–H and O–H groups in total. The van der Waals surface area contributed by atoms with Gasteiger partial charge in [-0.25, -0.2) is 0 Å². The largest absolute Gasteiger partial charge is 0.465 e. The van der Waals surface area contributed by atoms with Crippen molar-refractivity contribution in [2.75, 3.05) is 6.61 Å². The Balaban J connectivity index is 2.24. The van der Waals surface area contributed by atoms with Gasteiger partial charge in [-0.05, 0) is 43.2 Å². The fraction of sp³-hybridized carbons (Fsp3) is 0.300. The molecule has 0 bridgehead atoms. The van der Waals surface area contributed by atoms with Crippen LogP contribution in [0.25, 0.3) is 0 Å². The summed E-state index contributed by atoms with van der Waals surface area (Å²) in [5, 5.41) is 0.577. The second-order valence-electron chi connectivity index (χ2n) is 5.67. The molecule has 24 heavy (non-hydrogen) atoms. The quantitative estimate of drug-likeness (QED) is 0.402. The first kappa shape index (κ1) is 18.2. The summed E-state index contributed by atoms with van der Waals surface area (Å²) in [5.74, 6) is -0.926. The summed E-state index contributed by atoms with van der Waals surface area (Å²) in [6, 6.07) is 13.9. The summed E-state index contributed by atoms with van der Waals surface area (Å²) in [6.45, 7) is 4.21. The number of hydrogen-bond acceptors (Lipinski definition) is 3. The molecule has 3 nitrogen and oxygen atoms in total. The highest BCUT2D eigenvalue weighted by molar-refractivity contribution is 6.30. The van der Waals surface area contributed by atoms with Crippen LogP contribution >= 0.6 is 11.6 Å². The topological polar surface area (TPSA) is 43.4 Å².